The molecule has 3 heteroatoms. The standard InChI is InChI=1S/C17H15ClO2/c1-11(19)14-8-7-13(10-16(14)18)15-6-2-4-12-5-3-9-20-17(12)15/h2,4,6-8,10H,3,5,9H2,1H3. The average molecular weight is 287 g/mol. The highest BCUT2D eigenvalue weighted by Gasteiger charge is 2.16. The molecule has 0 aromatic heterocycles. The molecular formula is C17H15ClO2. The van der Waals surface area contributed by atoms with E-state index in [4.69, 9.17) is 16.3 Å². The van der Waals surface area contributed by atoms with Gasteiger partial charge in [-0.1, -0.05) is 35.9 Å². The SMILES string of the molecule is CC(=O)c1ccc(-c2cccc3c2OCCC3)cc1Cl. The monoisotopic (exact) mass is 286 g/mol. The Morgan fingerprint density at radius 1 is 1.25 bits per heavy atom. The van der Waals surface area contributed by atoms with E-state index < -0.39 is 0 Å². The molecule has 1 aliphatic rings. The summed E-state index contributed by atoms with van der Waals surface area (Å²) in [6, 6.07) is 11.7. The van der Waals surface area contributed by atoms with Crippen LogP contribution in [0.25, 0.3) is 11.1 Å². The van der Waals surface area contributed by atoms with Gasteiger partial charge >= 0.3 is 0 Å². The number of Topliss-reactive ketones (excluding diaryl/α,β-unsaturated/α-hetero) is 1. The van der Waals surface area contributed by atoms with E-state index in [1.54, 1.807) is 6.07 Å². The number of ether oxygens (including phenoxy) is 1. The molecule has 0 unspecified atom stereocenters. The lowest BCUT2D eigenvalue weighted by Gasteiger charge is -2.20. The molecule has 1 aliphatic heterocycles. The van der Waals surface area contributed by atoms with Crippen LogP contribution in [0.15, 0.2) is 36.4 Å². The number of fused-ring (bicyclic) bond motifs is 1. The van der Waals surface area contributed by atoms with E-state index in [9.17, 15) is 4.79 Å². The lowest BCUT2D eigenvalue weighted by molar-refractivity contribution is 0.101. The summed E-state index contributed by atoms with van der Waals surface area (Å²) in [5.74, 6) is 0.929. The quantitative estimate of drug-likeness (QED) is 0.758. The number of hydrogen-bond acceptors (Lipinski definition) is 2. The summed E-state index contributed by atoms with van der Waals surface area (Å²) >= 11 is 6.20. The van der Waals surface area contributed by atoms with E-state index in [2.05, 4.69) is 6.07 Å². The molecule has 0 bridgehead atoms. The molecule has 3 rings (SSSR count). The van der Waals surface area contributed by atoms with Crippen molar-refractivity contribution < 1.29 is 9.53 Å². The molecule has 2 aromatic rings. The highest BCUT2D eigenvalue weighted by atomic mass is 35.5. The smallest absolute Gasteiger partial charge is 0.161 e. The van der Waals surface area contributed by atoms with Gasteiger partial charge in [-0.15, -0.1) is 0 Å². The van der Waals surface area contributed by atoms with Gasteiger partial charge in [0.2, 0.25) is 0 Å². The third kappa shape index (κ3) is 2.32. The van der Waals surface area contributed by atoms with E-state index in [0.717, 1.165) is 36.3 Å². The summed E-state index contributed by atoms with van der Waals surface area (Å²) in [4.78, 5) is 11.4. The molecule has 0 radical (unpaired) electrons. The van der Waals surface area contributed by atoms with Gasteiger partial charge in [-0.3, -0.25) is 4.79 Å². The summed E-state index contributed by atoms with van der Waals surface area (Å²) in [5, 5.41) is 0.489. The van der Waals surface area contributed by atoms with Crippen LogP contribution in [0.1, 0.15) is 29.3 Å². The van der Waals surface area contributed by atoms with Crippen molar-refractivity contribution in [3.05, 3.63) is 52.5 Å². The van der Waals surface area contributed by atoms with Crippen molar-refractivity contribution in [1.82, 2.24) is 0 Å². The number of benzene rings is 2. The number of halogens is 1. The Morgan fingerprint density at radius 3 is 2.85 bits per heavy atom. The highest BCUT2D eigenvalue weighted by molar-refractivity contribution is 6.34. The number of hydrogen-bond donors (Lipinski definition) is 0. The van der Waals surface area contributed by atoms with Crippen LogP contribution in [0.3, 0.4) is 0 Å². The summed E-state index contributed by atoms with van der Waals surface area (Å²) in [5.41, 5.74) is 3.82. The minimum absolute atomic E-state index is 0.0205. The number of carbonyl (C=O) groups is 1. The van der Waals surface area contributed by atoms with Gasteiger partial charge < -0.3 is 4.74 Å². The zero-order valence-electron chi connectivity index (χ0n) is 11.3. The first-order valence-electron chi connectivity index (χ1n) is 6.72. The normalized spacial score (nSPS) is 13.5. The third-order valence-corrected chi connectivity index (χ3v) is 3.91. The lowest BCUT2D eigenvalue weighted by atomic mass is 9.96. The second-order valence-electron chi connectivity index (χ2n) is 5.00. The van der Waals surface area contributed by atoms with Gasteiger partial charge in [-0.2, -0.15) is 0 Å². The van der Waals surface area contributed by atoms with Gasteiger partial charge in [0.25, 0.3) is 0 Å². The minimum Gasteiger partial charge on any atom is -0.493 e. The molecule has 102 valence electrons. The third-order valence-electron chi connectivity index (χ3n) is 3.59. The maximum atomic E-state index is 11.4. The maximum Gasteiger partial charge on any atom is 0.161 e. The Hall–Kier alpha value is -1.80. The van der Waals surface area contributed by atoms with Crippen molar-refractivity contribution in [3.8, 4) is 16.9 Å². The molecule has 2 nitrogen and oxygen atoms in total. The van der Waals surface area contributed by atoms with Gasteiger partial charge in [0, 0.05) is 11.1 Å². The van der Waals surface area contributed by atoms with E-state index in [-0.39, 0.29) is 5.78 Å². The number of para-hydroxylation sites is 1. The fourth-order valence-electron chi connectivity index (χ4n) is 2.58. The molecule has 0 fully saturated rings. The molecule has 1 heterocycles. The Labute approximate surface area is 123 Å². The molecule has 0 spiro atoms. The molecule has 0 saturated carbocycles. The van der Waals surface area contributed by atoms with Gasteiger partial charge in [0.05, 0.1) is 11.6 Å². The van der Waals surface area contributed by atoms with Crippen LogP contribution in [-0.4, -0.2) is 12.4 Å². The largest absolute Gasteiger partial charge is 0.493 e. The fraction of sp³-hybridized carbons (Fsp3) is 0.235. The Bertz CT molecular complexity index is 677. The van der Waals surface area contributed by atoms with Crippen LogP contribution < -0.4 is 4.74 Å². The highest BCUT2D eigenvalue weighted by Crippen LogP contribution is 2.37. The van der Waals surface area contributed by atoms with Gasteiger partial charge in [-0.25, -0.2) is 0 Å². The summed E-state index contributed by atoms with van der Waals surface area (Å²) in [7, 11) is 0. The lowest BCUT2D eigenvalue weighted by Crippen LogP contribution is -2.09. The zero-order valence-corrected chi connectivity index (χ0v) is 12.0. The first-order valence-corrected chi connectivity index (χ1v) is 7.10. The number of carbonyl (C=O) groups excluding carboxylic acids is 1. The molecule has 2 aromatic carbocycles. The predicted octanol–water partition coefficient (Wildman–Crippen LogP) is 4.53. The molecule has 20 heavy (non-hydrogen) atoms. The Kier molecular flexibility index (Phi) is 3.49. The van der Waals surface area contributed by atoms with Crippen molar-refractivity contribution in [2.24, 2.45) is 0 Å². The summed E-state index contributed by atoms with van der Waals surface area (Å²) in [6.07, 6.45) is 2.10. The Balaban J connectivity index is 2.10. The van der Waals surface area contributed by atoms with E-state index in [1.807, 2.05) is 24.3 Å². The second-order valence-corrected chi connectivity index (χ2v) is 5.40. The first-order chi connectivity index (χ1) is 9.66. The van der Waals surface area contributed by atoms with Crippen LogP contribution in [0.5, 0.6) is 5.75 Å². The van der Waals surface area contributed by atoms with Gasteiger partial charge in [-0.05, 0) is 43.0 Å². The van der Waals surface area contributed by atoms with Crippen LogP contribution in [0, 0.1) is 0 Å². The number of aryl methyl sites for hydroxylation is 1. The van der Waals surface area contributed by atoms with Crippen LogP contribution >= 0.6 is 11.6 Å². The molecule has 0 N–H and O–H groups in total. The zero-order chi connectivity index (χ0) is 14.1. The number of ketones is 1. The second kappa shape index (κ2) is 5.29. The van der Waals surface area contributed by atoms with Crippen LogP contribution in [-0.2, 0) is 6.42 Å². The molecular weight excluding hydrogens is 272 g/mol. The van der Waals surface area contributed by atoms with Crippen LogP contribution in [0.2, 0.25) is 5.02 Å². The average Bonchev–Trinajstić information content (AvgIpc) is 2.46. The molecule has 0 atom stereocenters. The summed E-state index contributed by atoms with van der Waals surface area (Å²) in [6.45, 7) is 2.28. The van der Waals surface area contributed by atoms with Crippen LogP contribution in [0.4, 0.5) is 0 Å². The van der Waals surface area contributed by atoms with Crippen molar-refractivity contribution >= 4 is 17.4 Å². The van der Waals surface area contributed by atoms with E-state index in [0.29, 0.717) is 10.6 Å². The van der Waals surface area contributed by atoms with Crippen molar-refractivity contribution in [2.45, 2.75) is 19.8 Å². The van der Waals surface area contributed by atoms with Crippen molar-refractivity contribution in [1.29, 1.82) is 0 Å². The van der Waals surface area contributed by atoms with E-state index in [1.165, 1.54) is 12.5 Å². The van der Waals surface area contributed by atoms with E-state index >= 15 is 0 Å². The van der Waals surface area contributed by atoms with Crippen molar-refractivity contribution in [3.63, 3.8) is 0 Å². The fourth-order valence-corrected chi connectivity index (χ4v) is 2.90. The predicted molar refractivity (Wildman–Crippen MR) is 80.7 cm³/mol. The summed E-state index contributed by atoms with van der Waals surface area (Å²) < 4.78 is 5.82. The number of rotatable bonds is 2. The molecule has 0 aliphatic carbocycles. The van der Waals surface area contributed by atoms with Gasteiger partial charge in [0.1, 0.15) is 5.75 Å². The molecule has 0 saturated heterocycles. The maximum absolute atomic E-state index is 11.4. The first kappa shape index (κ1) is 13.2. The Morgan fingerprint density at radius 2 is 2.10 bits per heavy atom. The minimum atomic E-state index is -0.0205. The van der Waals surface area contributed by atoms with Crippen molar-refractivity contribution in [2.75, 3.05) is 6.61 Å². The topological polar surface area (TPSA) is 26.3 Å². The molecule has 0 amide bonds. The van der Waals surface area contributed by atoms with Gasteiger partial charge in [0.15, 0.2) is 5.78 Å².